The summed E-state index contributed by atoms with van der Waals surface area (Å²) in [4.78, 5) is 0. The maximum absolute atomic E-state index is 6.38. The van der Waals surface area contributed by atoms with E-state index in [0.717, 1.165) is 32.1 Å². The van der Waals surface area contributed by atoms with Crippen molar-refractivity contribution in [3.63, 3.8) is 0 Å². The van der Waals surface area contributed by atoms with Crippen molar-refractivity contribution in [1.82, 2.24) is 0 Å². The molecule has 0 rings (SSSR count). The van der Waals surface area contributed by atoms with Crippen molar-refractivity contribution in [1.29, 1.82) is 0 Å². The molecule has 3 radical (unpaired) electrons. The second-order valence-electron chi connectivity index (χ2n) is 6.23. The van der Waals surface area contributed by atoms with Gasteiger partial charge in [-0.25, -0.2) is 0 Å². The van der Waals surface area contributed by atoms with Crippen LogP contribution < -0.4 is 0 Å². The molecule has 0 aliphatic carbocycles. The van der Waals surface area contributed by atoms with Crippen LogP contribution in [-0.2, 0) is 14.0 Å². The Morgan fingerprint density at radius 3 is 1.95 bits per heavy atom. The van der Waals surface area contributed by atoms with Gasteiger partial charge in [0.15, 0.2) is 0 Å². The summed E-state index contributed by atoms with van der Waals surface area (Å²) in [6, 6.07) is 0. The molecular weight excluding hydrogens is 261 g/mol. The number of ether oxygens (including phenoxy) is 1. The molecule has 6 heteroatoms. The molecule has 3 nitrogen and oxygen atoms in total. The van der Waals surface area contributed by atoms with Crippen molar-refractivity contribution in [3.05, 3.63) is 0 Å². The van der Waals surface area contributed by atoms with Crippen molar-refractivity contribution in [2.75, 3.05) is 0 Å². The van der Waals surface area contributed by atoms with E-state index in [4.69, 9.17) is 29.5 Å². The van der Waals surface area contributed by atoms with Gasteiger partial charge in [0, 0.05) is 0 Å². The zero-order valence-electron chi connectivity index (χ0n) is 14.6. The summed E-state index contributed by atoms with van der Waals surface area (Å²) in [5.74, 6) is 0. The summed E-state index contributed by atoms with van der Waals surface area (Å²) in [7, 11) is 12.0. The van der Waals surface area contributed by atoms with Crippen LogP contribution in [0.25, 0.3) is 0 Å². The van der Waals surface area contributed by atoms with Crippen molar-refractivity contribution < 1.29 is 14.0 Å². The van der Waals surface area contributed by atoms with E-state index in [1.807, 2.05) is 13.8 Å². The fourth-order valence-corrected chi connectivity index (χ4v) is 2.81. The molecule has 117 valence electrons. The van der Waals surface area contributed by atoms with Crippen molar-refractivity contribution in [2.45, 2.75) is 97.1 Å². The Bertz CT molecular complexity index is 292. The first-order valence-electron chi connectivity index (χ1n) is 8.04. The molecule has 0 amide bonds. The van der Waals surface area contributed by atoms with E-state index in [1.54, 1.807) is 0 Å². The first-order valence-corrected chi connectivity index (χ1v) is 8.04. The van der Waals surface area contributed by atoms with Gasteiger partial charge in [0.25, 0.3) is 0 Å². The Morgan fingerprint density at radius 1 is 1.00 bits per heavy atom. The second-order valence-corrected chi connectivity index (χ2v) is 6.23. The average Bonchev–Trinajstić information content (AvgIpc) is 2.46. The summed E-state index contributed by atoms with van der Waals surface area (Å²) in [6.45, 7) is 12.5. The third-order valence-corrected chi connectivity index (χ3v) is 4.46. The fourth-order valence-electron chi connectivity index (χ4n) is 2.81. The van der Waals surface area contributed by atoms with Gasteiger partial charge in [-0.1, -0.05) is 0 Å². The summed E-state index contributed by atoms with van der Waals surface area (Å²) >= 11 is 0. The van der Waals surface area contributed by atoms with Gasteiger partial charge in [-0.2, -0.15) is 0 Å². The molecule has 3 unspecified atom stereocenters. The Balaban J connectivity index is 4.78. The molecule has 0 saturated heterocycles. The van der Waals surface area contributed by atoms with Crippen molar-refractivity contribution in [2.24, 2.45) is 0 Å². The summed E-state index contributed by atoms with van der Waals surface area (Å²) in [5, 5.41) is 0. The standard InChI is InChI=1S/C15H30B3O3/c1-7-14(6,21-17)10-12(4)19-15(8-2,9-3)11-13(5)20-18-16/h12-13H,7-11H2,1-6H3. The molecule has 0 spiro atoms. The van der Waals surface area contributed by atoms with E-state index in [9.17, 15) is 0 Å². The molecule has 0 saturated carbocycles. The van der Waals surface area contributed by atoms with Crippen LogP contribution in [0.2, 0.25) is 0 Å². The zero-order valence-corrected chi connectivity index (χ0v) is 14.6. The fraction of sp³-hybridized carbons (Fsp3) is 1.00. The van der Waals surface area contributed by atoms with Crippen LogP contribution in [0.15, 0.2) is 0 Å². The van der Waals surface area contributed by atoms with Gasteiger partial charge < -0.3 is 0 Å². The van der Waals surface area contributed by atoms with Crippen LogP contribution >= 0.6 is 0 Å². The first kappa shape index (κ1) is 20.9. The van der Waals surface area contributed by atoms with Crippen LogP contribution in [0.4, 0.5) is 0 Å². The van der Waals surface area contributed by atoms with Crippen LogP contribution in [0.5, 0.6) is 0 Å². The van der Waals surface area contributed by atoms with E-state index in [2.05, 4.69) is 27.7 Å². The number of hydrogen-bond acceptors (Lipinski definition) is 3. The van der Waals surface area contributed by atoms with E-state index >= 15 is 0 Å². The van der Waals surface area contributed by atoms with E-state index < -0.39 is 0 Å². The quantitative estimate of drug-likeness (QED) is 0.517. The third kappa shape index (κ3) is 7.14. The second kappa shape index (κ2) is 9.84. The minimum absolute atomic E-state index is 0.0328. The molecule has 0 heterocycles. The number of rotatable bonds is 12. The Morgan fingerprint density at radius 2 is 1.57 bits per heavy atom. The van der Waals surface area contributed by atoms with E-state index in [1.165, 1.54) is 7.00 Å². The van der Waals surface area contributed by atoms with E-state index in [-0.39, 0.29) is 23.4 Å². The van der Waals surface area contributed by atoms with Gasteiger partial charge in [0.1, 0.15) is 0 Å². The van der Waals surface area contributed by atoms with Gasteiger partial charge in [-0.3, -0.25) is 0 Å². The maximum atomic E-state index is 6.38. The summed E-state index contributed by atoms with van der Waals surface area (Å²) in [5.41, 5.74) is -0.551. The summed E-state index contributed by atoms with van der Waals surface area (Å²) < 4.78 is 16.9. The predicted octanol–water partition coefficient (Wildman–Crippen LogP) is 3.11. The molecule has 0 fully saturated rings. The number of hydrogen-bond donors (Lipinski definition) is 0. The molecule has 21 heavy (non-hydrogen) atoms. The normalized spacial score (nSPS) is 17.6. The first-order chi connectivity index (χ1) is 9.80. The molecule has 0 aromatic rings. The molecule has 0 aliphatic rings. The molecule has 0 N–H and O–H groups in total. The zero-order chi connectivity index (χ0) is 16.5. The molecule has 0 aliphatic heterocycles. The summed E-state index contributed by atoms with van der Waals surface area (Å²) in [6.07, 6.45) is 4.38. The Labute approximate surface area is 134 Å². The third-order valence-electron chi connectivity index (χ3n) is 4.46. The molecular formula is C15H30B3O3. The average molecular weight is 291 g/mol. The van der Waals surface area contributed by atoms with Gasteiger partial charge in [-0.05, 0) is 0 Å². The van der Waals surface area contributed by atoms with Crippen molar-refractivity contribution >= 4 is 22.4 Å². The molecule has 0 aromatic heterocycles. The van der Waals surface area contributed by atoms with Crippen LogP contribution in [0.1, 0.15) is 73.6 Å². The van der Waals surface area contributed by atoms with Crippen LogP contribution in [-0.4, -0.2) is 45.8 Å². The molecule has 0 bridgehead atoms. The SMILES string of the molecule is [B]OC(C)(CC)CC(C)OC(CC)(CC)CC(C)OB=[B]. The topological polar surface area (TPSA) is 27.7 Å². The van der Waals surface area contributed by atoms with Crippen molar-refractivity contribution in [3.8, 4) is 0 Å². The van der Waals surface area contributed by atoms with Crippen LogP contribution in [0.3, 0.4) is 0 Å². The van der Waals surface area contributed by atoms with Gasteiger partial charge in [0.05, 0.1) is 0 Å². The van der Waals surface area contributed by atoms with Gasteiger partial charge >= 0.3 is 134 Å². The van der Waals surface area contributed by atoms with Gasteiger partial charge in [-0.15, -0.1) is 0 Å². The van der Waals surface area contributed by atoms with Gasteiger partial charge in [0.2, 0.25) is 0 Å². The Kier molecular flexibility index (Phi) is 9.80. The monoisotopic (exact) mass is 291 g/mol. The molecule has 0 aromatic carbocycles. The molecule has 3 atom stereocenters. The van der Waals surface area contributed by atoms with E-state index in [0.29, 0.717) is 0 Å². The predicted molar refractivity (Wildman–Crippen MR) is 90.7 cm³/mol. The van der Waals surface area contributed by atoms with Crippen LogP contribution in [0, 0.1) is 0 Å². The Hall–Kier alpha value is -0.0852. The minimum atomic E-state index is -0.347.